The number of carboxylic acids is 1. The molecule has 1 heterocycles. The van der Waals surface area contributed by atoms with Gasteiger partial charge in [-0.1, -0.05) is 0 Å². The molecule has 0 bridgehead atoms. The molecular formula is C10H17NO4. The average Bonchev–Trinajstić information content (AvgIpc) is 2.40. The van der Waals surface area contributed by atoms with Gasteiger partial charge in [0.05, 0.1) is 6.10 Å². The van der Waals surface area contributed by atoms with Crippen molar-refractivity contribution in [1.29, 1.82) is 0 Å². The van der Waals surface area contributed by atoms with Gasteiger partial charge >= 0.3 is 5.97 Å². The van der Waals surface area contributed by atoms with Crippen molar-refractivity contribution in [2.24, 2.45) is 5.92 Å². The third-order valence-corrected chi connectivity index (χ3v) is 2.50. The van der Waals surface area contributed by atoms with Gasteiger partial charge in [-0.05, 0) is 20.3 Å². The second-order valence-electron chi connectivity index (χ2n) is 3.88. The number of rotatable bonds is 2. The van der Waals surface area contributed by atoms with E-state index in [9.17, 15) is 9.59 Å². The summed E-state index contributed by atoms with van der Waals surface area (Å²) in [7, 11) is 0. The van der Waals surface area contributed by atoms with Gasteiger partial charge in [-0.3, -0.25) is 9.59 Å². The van der Waals surface area contributed by atoms with Gasteiger partial charge in [0.2, 0.25) is 5.91 Å². The van der Waals surface area contributed by atoms with Gasteiger partial charge in [0.25, 0.3) is 0 Å². The fourth-order valence-electron chi connectivity index (χ4n) is 1.57. The van der Waals surface area contributed by atoms with Crippen molar-refractivity contribution < 1.29 is 19.4 Å². The zero-order valence-corrected chi connectivity index (χ0v) is 9.10. The Bertz CT molecular complexity index is 254. The standard InChI is InChI=1S/C10H17NO4/c1-7-6-11(4-3-5-15-7)9(12)8(2)10(13)14/h7-8H,3-6H2,1-2H3,(H,13,14). The van der Waals surface area contributed by atoms with Gasteiger partial charge in [0.1, 0.15) is 5.92 Å². The van der Waals surface area contributed by atoms with Crippen LogP contribution in [0.25, 0.3) is 0 Å². The molecule has 2 atom stereocenters. The maximum Gasteiger partial charge on any atom is 0.315 e. The highest BCUT2D eigenvalue weighted by atomic mass is 16.5. The van der Waals surface area contributed by atoms with E-state index >= 15 is 0 Å². The summed E-state index contributed by atoms with van der Waals surface area (Å²) in [5.74, 6) is -2.35. The quantitative estimate of drug-likeness (QED) is 0.675. The Labute approximate surface area is 89.0 Å². The van der Waals surface area contributed by atoms with Crippen LogP contribution in [0.4, 0.5) is 0 Å². The summed E-state index contributed by atoms with van der Waals surface area (Å²) >= 11 is 0. The second kappa shape index (κ2) is 5.11. The van der Waals surface area contributed by atoms with E-state index in [1.54, 1.807) is 4.90 Å². The minimum absolute atomic E-state index is 0.0163. The van der Waals surface area contributed by atoms with Crippen LogP contribution >= 0.6 is 0 Å². The lowest BCUT2D eigenvalue weighted by atomic mass is 10.1. The zero-order valence-electron chi connectivity index (χ0n) is 9.10. The Hall–Kier alpha value is -1.10. The predicted octanol–water partition coefficient (Wildman–Crippen LogP) is 0.344. The number of amides is 1. The molecule has 5 heteroatoms. The van der Waals surface area contributed by atoms with E-state index in [0.29, 0.717) is 19.7 Å². The minimum Gasteiger partial charge on any atom is -0.481 e. The Morgan fingerprint density at radius 3 is 2.80 bits per heavy atom. The molecule has 1 fully saturated rings. The maximum absolute atomic E-state index is 11.7. The number of carboxylic acid groups (broad SMARTS) is 1. The van der Waals surface area contributed by atoms with Crippen LogP contribution in [0.3, 0.4) is 0 Å². The highest BCUT2D eigenvalue weighted by Crippen LogP contribution is 2.09. The van der Waals surface area contributed by atoms with E-state index in [4.69, 9.17) is 9.84 Å². The molecule has 0 aliphatic carbocycles. The normalized spacial score (nSPS) is 24.4. The average molecular weight is 215 g/mol. The largest absolute Gasteiger partial charge is 0.481 e. The Balaban J connectivity index is 2.61. The van der Waals surface area contributed by atoms with E-state index < -0.39 is 11.9 Å². The monoisotopic (exact) mass is 215 g/mol. The number of hydrogen-bond donors (Lipinski definition) is 1. The number of hydrogen-bond acceptors (Lipinski definition) is 3. The first kappa shape index (κ1) is 12.0. The molecule has 86 valence electrons. The molecule has 0 spiro atoms. The first-order chi connectivity index (χ1) is 7.02. The maximum atomic E-state index is 11.7. The zero-order chi connectivity index (χ0) is 11.4. The van der Waals surface area contributed by atoms with Crippen LogP contribution in [0.15, 0.2) is 0 Å². The Morgan fingerprint density at radius 2 is 2.20 bits per heavy atom. The summed E-state index contributed by atoms with van der Waals surface area (Å²) in [6, 6.07) is 0. The molecule has 15 heavy (non-hydrogen) atoms. The van der Waals surface area contributed by atoms with E-state index in [1.165, 1.54) is 6.92 Å². The van der Waals surface area contributed by atoms with Crippen molar-refractivity contribution >= 4 is 11.9 Å². The fourth-order valence-corrected chi connectivity index (χ4v) is 1.57. The van der Waals surface area contributed by atoms with Crippen molar-refractivity contribution in [3.05, 3.63) is 0 Å². The molecule has 1 saturated heterocycles. The van der Waals surface area contributed by atoms with Gasteiger partial charge in [-0.25, -0.2) is 0 Å². The summed E-state index contributed by atoms with van der Waals surface area (Å²) in [6.07, 6.45) is 0.750. The number of carbonyl (C=O) groups excluding carboxylic acids is 1. The summed E-state index contributed by atoms with van der Waals surface area (Å²) in [6.45, 7) is 5.00. The first-order valence-electron chi connectivity index (χ1n) is 5.15. The van der Waals surface area contributed by atoms with E-state index in [1.807, 2.05) is 6.92 Å². The van der Waals surface area contributed by atoms with Crippen LogP contribution in [0.2, 0.25) is 0 Å². The van der Waals surface area contributed by atoms with Gasteiger partial charge in [-0.2, -0.15) is 0 Å². The van der Waals surface area contributed by atoms with Crippen molar-refractivity contribution in [2.45, 2.75) is 26.4 Å². The highest BCUT2D eigenvalue weighted by Gasteiger charge is 2.28. The molecule has 1 amide bonds. The third-order valence-electron chi connectivity index (χ3n) is 2.50. The summed E-state index contributed by atoms with van der Waals surface area (Å²) < 4.78 is 5.38. The summed E-state index contributed by atoms with van der Waals surface area (Å²) in [5, 5.41) is 8.74. The highest BCUT2D eigenvalue weighted by molar-refractivity contribution is 5.96. The fraction of sp³-hybridized carbons (Fsp3) is 0.800. The van der Waals surface area contributed by atoms with Crippen LogP contribution in [0.5, 0.6) is 0 Å². The predicted molar refractivity (Wildman–Crippen MR) is 53.4 cm³/mol. The van der Waals surface area contributed by atoms with Crippen molar-refractivity contribution in [3.8, 4) is 0 Å². The molecule has 1 rings (SSSR count). The van der Waals surface area contributed by atoms with Gasteiger partial charge in [0.15, 0.2) is 0 Å². The molecule has 1 N–H and O–H groups in total. The molecule has 0 aromatic heterocycles. The number of aliphatic carboxylic acids is 1. The van der Waals surface area contributed by atoms with Gasteiger partial charge < -0.3 is 14.7 Å². The minimum atomic E-state index is -1.07. The Kier molecular flexibility index (Phi) is 4.08. The molecule has 5 nitrogen and oxygen atoms in total. The lowest BCUT2D eigenvalue weighted by molar-refractivity contribution is -0.150. The van der Waals surface area contributed by atoms with Crippen LogP contribution in [-0.4, -0.2) is 47.7 Å². The molecule has 1 aliphatic rings. The third kappa shape index (κ3) is 3.20. The van der Waals surface area contributed by atoms with Crippen LogP contribution < -0.4 is 0 Å². The molecular weight excluding hydrogens is 198 g/mol. The molecule has 0 aromatic rings. The SMILES string of the molecule is CC1CN(C(=O)C(C)C(=O)O)CCCO1. The number of ether oxygens (including phenoxy) is 1. The lowest BCUT2D eigenvalue weighted by Gasteiger charge is -2.23. The summed E-state index contributed by atoms with van der Waals surface area (Å²) in [4.78, 5) is 24.0. The lowest BCUT2D eigenvalue weighted by Crippen LogP contribution is -2.41. The van der Waals surface area contributed by atoms with Crippen LogP contribution in [-0.2, 0) is 14.3 Å². The van der Waals surface area contributed by atoms with Crippen molar-refractivity contribution in [2.75, 3.05) is 19.7 Å². The van der Waals surface area contributed by atoms with Crippen molar-refractivity contribution in [1.82, 2.24) is 4.90 Å². The van der Waals surface area contributed by atoms with Gasteiger partial charge in [0, 0.05) is 19.7 Å². The van der Waals surface area contributed by atoms with Crippen LogP contribution in [0, 0.1) is 5.92 Å². The topological polar surface area (TPSA) is 66.8 Å². The van der Waals surface area contributed by atoms with E-state index in [2.05, 4.69) is 0 Å². The van der Waals surface area contributed by atoms with Crippen LogP contribution in [0.1, 0.15) is 20.3 Å². The van der Waals surface area contributed by atoms with Crippen molar-refractivity contribution in [3.63, 3.8) is 0 Å². The number of nitrogens with zero attached hydrogens (tertiary/aromatic N) is 1. The molecule has 2 unspecified atom stereocenters. The molecule has 1 aliphatic heterocycles. The summed E-state index contributed by atoms with van der Waals surface area (Å²) in [5.41, 5.74) is 0. The first-order valence-corrected chi connectivity index (χ1v) is 5.15. The molecule has 0 radical (unpaired) electrons. The van der Waals surface area contributed by atoms with Gasteiger partial charge in [-0.15, -0.1) is 0 Å². The molecule has 0 aromatic carbocycles. The van der Waals surface area contributed by atoms with E-state index in [0.717, 1.165) is 6.42 Å². The molecule has 0 saturated carbocycles. The number of carbonyl (C=O) groups is 2. The second-order valence-corrected chi connectivity index (χ2v) is 3.88. The van der Waals surface area contributed by atoms with E-state index in [-0.39, 0.29) is 12.0 Å². The Morgan fingerprint density at radius 1 is 1.53 bits per heavy atom. The smallest absolute Gasteiger partial charge is 0.315 e.